The van der Waals surface area contributed by atoms with E-state index >= 15 is 0 Å². The highest BCUT2D eigenvalue weighted by atomic mass is 35.5. The number of nitrogens with two attached hydrogens (primary N) is 1. The average molecular weight is 185 g/mol. The second-order valence-electron chi connectivity index (χ2n) is 2.30. The summed E-state index contributed by atoms with van der Waals surface area (Å²) < 4.78 is 12.7. The van der Waals surface area contributed by atoms with Crippen molar-refractivity contribution in [3.63, 3.8) is 0 Å². The van der Waals surface area contributed by atoms with Crippen molar-refractivity contribution in [2.24, 2.45) is 0 Å². The molecule has 2 N–H and O–H groups in total. The van der Waals surface area contributed by atoms with Gasteiger partial charge in [-0.25, -0.2) is 4.39 Å². The van der Waals surface area contributed by atoms with Crippen LogP contribution < -0.4 is 5.73 Å². The third kappa shape index (κ3) is 1.66. The summed E-state index contributed by atoms with van der Waals surface area (Å²) in [6, 6.07) is 4.40. The van der Waals surface area contributed by atoms with Gasteiger partial charge in [-0.1, -0.05) is 11.6 Å². The Morgan fingerprint density at radius 2 is 2.25 bits per heavy atom. The summed E-state index contributed by atoms with van der Waals surface area (Å²) in [5, 5.41) is 8.60. The predicted octanol–water partition coefficient (Wildman–Crippen LogP) is 2.13. The van der Waals surface area contributed by atoms with Crippen LogP contribution in [0.4, 0.5) is 10.1 Å². The van der Waals surface area contributed by atoms with Crippen molar-refractivity contribution in [1.29, 1.82) is 5.26 Å². The molecule has 0 unspecified atom stereocenters. The summed E-state index contributed by atoms with van der Waals surface area (Å²) in [4.78, 5) is 0. The van der Waals surface area contributed by atoms with Crippen LogP contribution in [0, 0.1) is 17.1 Å². The van der Waals surface area contributed by atoms with Crippen molar-refractivity contribution in [1.82, 2.24) is 0 Å². The monoisotopic (exact) mass is 184 g/mol. The zero-order valence-electron chi connectivity index (χ0n) is 6.14. The molecule has 0 saturated heterocycles. The van der Waals surface area contributed by atoms with Crippen LogP contribution >= 0.6 is 11.6 Å². The van der Waals surface area contributed by atoms with Crippen LogP contribution in [0.2, 0.25) is 5.02 Å². The maximum absolute atomic E-state index is 12.7. The third-order valence-electron chi connectivity index (χ3n) is 1.44. The van der Waals surface area contributed by atoms with E-state index in [2.05, 4.69) is 0 Å². The standard InChI is InChI=1S/C8H6ClFN2/c9-6-4-7(10)8(12)3-5(6)1-2-11/h3-4H,1,12H2. The highest BCUT2D eigenvalue weighted by Gasteiger charge is 2.05. The Kier molecular flexibility index (Phi) is 2.51. The zero-order valence-corrected chi connectivity index (χ0v) is 6.90. The minimum absolute atomic E-state index is 0.0182. The van der Waals surface area contributed by atoms with Crippen molar-refractivity contribution < 1.29 is 4.39 Å². The number of nitrogen functional groups attached to an aromatic ring is 1. The van der Waals surface area contributed by atoms with E-state index < -0.39 is 5.82 Å². The molecule has 2 nitrogen and oxygen atoms in total. The van der Waals surface area contributed by atoms with E-state index in [1.165, 1.54) is 6.07 Å². The van der Waals surface area contributed by atoms with Gasteiger partial charge in [0, 0.05) is 5.02 Å². The van der Waals surface area contributed by atoms with Gasteiger partial charge in [-0.05, 0) is 17.7 Å². The lowest BCUT2D eigenvalue weighted by Gasteiger charge is -2.01. The van der Waals surface area contributed by atoms with Crippen molar-refractivity contribution in [3.05, 3.63) is 28.5 Å². The molecule has 4 heteroatoms. The van der Waals surface area contributed by atoms with Crippen LogP contribution in [-0.4, -0.2) is 0 Å². The molecule has 0 radical (unpaired) electrons. The summed E-state index contributed by atoms with van der Waals surface area (Å²) in [7, 11) is 0. The first kappa shape index (κ1) is 8.82. The fourth-order valence-corrected chi connectivity index (χ4v) is 1.05. The lowest BCUT2D eigenvalue weighted by Crippen LogP contribution is -1.93. The van der Waals surface area contributed by atoms with Crippen molar-refractivity contribution in [3.8, 4) is 6.07 Å². The van der Waals surface area contributed by atoms with Gasteiger partial charge in [0.05, 0.1) is 18.2 Å². The molecule has 1 aromatic carbocycles. The number of nitriles is 1. The van der Waals surface area contributed by atoms with Crippen molar-refractivity contribution in [2.45, 2.75) is 6.42 Å². The number of nitrogens with zero attached hydrogens (tertiary/aromatic N) is 1. The number of hydrogen-bond donors (Lipinski definition) is 1. The van der Waals surface area contributed by atoms with Gasteiger partial charge in [0.25, 0.3) is 0 Å². The molecular formula is C8H6ClFN2. The molecule has 0 heterocycles. The average Bonchev–Trinajstić information content (AvgIpc) is 2.01. The Morgan fingerprint density at radius 3 is 2.83 bits per heavy atom. The molecule has 0 aliphatic rings. The van der Waals surface area contributed by atoms with Crippen molar-refractivity contribution >= 4 is 17.3 Å². The van der Waals surface area contributed by atoms with Gasteiger partial charge < -0.3 is 5.73 Å². The van der Waals surface area contributed by atoms with E-state index in [-0.39, 0.29) is 17.1 Å². The molecule has 0 spiro atoms. The smallest absolute Gasteiger partial charge is 0.147 e. The summed E-state index contributed by atoms with van der Waals surface area (Å²) in [6.07, 6.45) is 0.142. The van der Waals surface area contributed by atoms with Gasteiger partial charge in [-0.2, -0.15) is 5.26 Å². The molecule has 0 bridgehead atoms. The first-order valence-corrected chi connectivity index (χ1v) is 3.63. The highest BCUT2D eigenvalue weighted by molar-refractivity contribution is 6.31. The van der Waals surface area contributed by atoms with E-state index in [0.717, 1.165) is 6.07 Å². The number of halogens is 2. The van der Waals surface area contributed by atoms with Gasteiger partial charge in [-0.3, -0.25) is 0 Å². The SMILES string of the molecule is N#CCc1cc(N)c(F)cc1Cl. The Labute approximate surface area is 74.4 Å². The number of anilines is 1. The van der Waals surface area contributed by atoms with E-state index in [1.54, 1.807) is 0 Å². The van der Waals surface area contributed by atoms with Crippen molar-refractivity contribution in [2.75, 3.05) is 5.73 Å². The molecule has 0 amide bonds. The molecule has 0 fully saturated rings. The largest absolute Gasteiger partial charge is 0.396 e. The molecule has 0 aliphatic carbocycles. The second-order valence-corrected chi connectivity index (χ2v) is 2.71. The Hall–Kier alpha value is -1.27. The highest BCUT2D eigenvalue weighted by Crippen LogP contribution is 2.22. The van der Waals surface area contributed by atoms with E-state index in [9.17, 15) is 4.39 Å². The zero-order chi connectivity index (χ0) is 9.14. The number of hydrogen-bond acceptors (Lipinski definition) is 2. The van der Waals surface area contributed by atoms with Gasteiger partial charge in [-0.15, -0.1) is 0 Å². The van der Waals surface area contributed by atoms with Gasteiger partial charge in [0.15, 0.2) is 0 Å². The topological polar surface area (TPSA) is 49.8 Å². The Bertz CT molecular complexity index is 344. The Balaban J connectivity index is 3.16. The molecule has 0 aliphatic heterocycles. The summed E-state index contributed by atoms with van der Waals surface area (Å²) in [6.45, 7) is 0. The fraction of sp³-hybridized carbons (Fsp3) is 0.125. The summed E-state index contributed by atoms with van der Waals surface area (Å²) in [5.74, 6) is -0.554. The lowest BCUT2D eigenvalue weighted by atomic mass is 10.1. The maximum Gasteiger partial charge on any atom is 0.147 e. The number of rotatable bonds is 1. The molecule has 0 aromatic heterocycles. The van der Waals surface area contributed by atoms with Gasteiger partial charge in [0.2, 0.25) is 0 Å². The normalized spacial score (nSPS) is 9.42. The van der Waals surface area contributed by atoms with Crippen LogP contribution in [0.15, 0.2) is 12.1 Å². The molecule has 1 rings (SSSR count). The fourth-order valence-electron chi connectivity index (χ4n) is 0.834. The minimum Gasteiger partial charge on any atom is -0.396 e. The first-order chi connectivity index (χ1) is 5.65. The number of benzene rings is 1. The predicted molar refractivity (Wildman–Crippen MR) is 45.1 cm³/mol. The lowest BCUT2D eigenvalue weighted by molar-refractivity contribution is 0.632. The van der Waals surface area contributed by atoms with Crippen LogP contribution in [0.5, 0.6) is 0 Å². The van der Waals surface area contributed by atoms with Crippen LogP contribution in [-0.2, 0) is 6.42 Å². The van der Waals surface area contributed by atoms with E-state index in [1.807, 2.05) is 6.07 Å². The maximum atomic E-state index is 12.7. The molecule has 12 heavy (non-hydrogen) atoms. The van der Waals surface area contributed by atoms with Crippen LogP contribution in [0.1, 0.15) is 5.56 Å². The van der Waals surface area contributed by atoms with Gasteiger partial charge in [0.1, 0.15) is 5.82 Å². The molecule has 1 aromatic rings. The first-order valence-electron chi connectivity index (χ1n) is 3.25. The molecular weight excluding hydrogens is 179 g/mol. The molecule has 0 saturated carbocycles. The third-order valence-corrected chi connectivity index (χ3v) is 1.79. The second kappa shape index (κ2) is 3.42. The van der Waals surface area contributed by atoms with Gasteiger partial charge >= 0.3 is 0 Å². The Morgan fingerprint density at radius 1 is 1.58 bits per heavy atom. The van der Waals surface area contributed by atoms with E-state index in [4.69, 9.17) is 22.6 Å². The summed E-state index contributed by atoms with van der Waals surface area (Å²) >= 11 is 5.63. The molecule has 0 atom stereocenters. The molecule has 62 valence electrons. The minimum atomic E-state index is -0.554. The van der Waals surface area contributed by atoms with Crippen LogP contribution in [0.3, 0.4) is 0 Å². The summed E-state index contributed by atoms with van der Waals surface area (Å²) in [5.41, 5.74) is 5.85. The quantitative estimate of drug-likeness (QED) is 0.680. The van der Waals surface area contributed by atoms with Crippen LogP contribution in [0.25, 0.3) is 0 Å². The van der Waals surface area contributed by atoms with E-state index in [0.29, 0.717) is 5.56 Å².